The van der Waals surface area contributed by atoms with Crippen molar-refractivity contribution in [1.82, 2.24) is 14.8 Å². The molecule has 0 spiro atoms. The summed E-state index contributed by atoms with van der Waals surface area (Å²) in [6, 6.07) is 11.5. The zero-order valence-electron chi connectivity index (χ0n) is 15.3. The summed E-state index contributed by atoms with van der Waals surface area (Å²) in [6.45, 7) is 4.76. The van der Waals surface area contributed by atoms with Crippen molar-refractivity contribution in [1.29, 1.82) is 5.26 Å². The van der Waals surface area contributed by atoms with Gasteiger partial charge < -0.3 is 15.6 Å². The van der Waals surface area contributed by atoms with Gasteiger partial charge in [-0.1, -0.05) is 0 Å². The summed E-state index contributed by atoms with van der Waals surface area (Å²) in [5, 5.41) is 23.1. The van der Waals surface area contributed by atoms with Crippen molar-refractivity contribution in [2.45, 2.75) is 20.4 Å². The number of aryl methyl sites for hydroxylation is 1. The molecule has 1 aromatic carbocycles. The summed E-state index contributed by atoms with van der Waals surface area (Å²) in [5.41, 5.74) is 10.2. The number of hydrogen-bond donors (Lipinski definition) is 2. The number of benzene rings is 1. The van der Waals surface area contributed by atoms with E-state index in [2.05, 4.69) is 16.2 Å². The fourth-order valence-corrected chi connectivity index (χ4v) is 2.93. The van der Waals surface area contributed by atoms with Gasteiger partial charge in [-0.3, -0.25) is 4.68 Å². The molecule has 27 heavy (non-hydrogen) atoms. The Labute approximate surface area is 157 Å². The van der Waals surface area contributed by atoms with Gasteiger partial charge in [0.25, 0.3) is 0 Å². The largest absolute Gasteiger partial charge is 0.494 e. The Morgan fingerprint density at radius 1 is 1.26 bits per heavy atom. The number of anilines is 1. The quantitative estimate of drug-likeness (QED) is 0.697. The standard InChI is InChI=1S/C20H21N5O2/c1-3-27-15-6-4-14(5-7-15)19-10-16(17(11-21)20(22)23-19)18-12-25(8-9-26)24-13(18)2/h4-7,10,12,26H,3,8-9H2,1-2H3,(H2,22,23). The molecule has 0 radical (unpaired) electrons. The number of aromatic nitrogens is 3. The molecule has 0 fully saturated rings. The first-order chi connectivity index (χ1) is 13.1. The summed E-state index contributed by atoms with van der Waals surface area (Å²) in [6.07, 6.45) is 1.81. The highest BCUT2D eigenvalue weighted by Gasteiger charge is 2.17. The van der Waals surface area contributed by atoms with Gasteiger partial charge in [0.1, 0.15) is 23.2 Å². The second-order valence-electron chi connectivity index (χ2n) is 6.00. The molecule has 3 rings (SSSR count). The third-order valence-corrected chi connectivity index (χ3v) is 4.19. The third-order valence-electron chi connectivity index (χ3n) is 4.19. The number of aliphatic hydroxyl groups is 1. The van der Waals surface area contributed by atoms with Gasteiger partial charge in [-0.05, 0) is 44.2 Å². The van der Waals surface area contributed by atoms with Crippen molar-refractivity contribution in [3.63, 3.8) is 0 Å². The normalized spacial score (nSPS) is 10.6. The molecule has 0 bridgehead atoms. The van der Waals surface area contributed by atoms with E-state index < -0.39 is 0 Å². The minimum atomic E-state index is -0.0123. The lowest BCUT2D eigenvalue weighted by Gasteiger charge is -2.10. The highest BCUT2D eigenvalue weighted by atomic mass is 16.5. The molecular weight excluding hydrogens is 342 g/mol. The highest BCUT2D eigenvalue weighted by Crippen LogP contribution is 2.33. The van der Waals surface area contributed by atoms with Crippen LogP contribution in [0.25, 0.3) is 22.4 Å². The number of hydrogen-bond acceptors (Lipinski definition) is 6. The van der Waals surface area contributed by atoms with Crippen LogP contribution in [-0.4, -0.2) is 33.1 Å². The van der Waals surface area contributed by atoms with Crippen LogP contribution < -0.4 is 10.5 Å². The van der Waals surface area contributed by atoms with Gasteiger partial charge in [0.15, 0.2) is 0 Å². The zero-order chi connectivity index (χ0) is 19.4. The van der Waals surface area contributed by atoms with E-state index >= 15 is 0 Å². The topological polar surface area (TPSA) is 110 Å². The predicted octanol–water partition coefficient (Wildman–Crippen LogP) is 2.77. The monoisotopic (exact) mass is 363 g/mol. The molecule has 0 amide bonds. The molecule has 7 nitrogen and oxygen atoms in total. The summed E-state index contributed by atoms with van der Waals surface area (Å²) < 4.78 is 7.12. The smallest absolute Gasteiger partial charge is 0.142 e. The lowest BCUT2D eigenvalue weighted by atomic mass is 9.99. The van der Waals surface area contributed by atoms with E-state index in [-0.39, 0.29) is 12.4 Å². The average Bonchev–Trinajstić information content (AvgIpc) is 3.02. The molecule has 7 heteroatoms. The van der Waals surface area contributed by atoms with Crippen LogP contribution in [0.1, 0.15) is 18.2 Å². The Morgan fingerprint density at radius 2 is 2.00 bits per heavy atom. The van der Waals surface area contributed by atoms with E-state index in [0.29, 0.717) is 30.0 Å². The summed E-state index contributed by atoms with van der Waals surface area (Å²) in [7, 11) is 0. The van der Waals surface area contributed by atoms with E-state index in [4.69, 9.17) is 15.6 Å². The van der Waals surface area contributed by atoms with Crippen molar-refractivity contribution in [3.05, 3.63) is 47.8 Å². The van der Waals surface area contributed by atoms with Crippen molar-refractivity contribution in [2.75, 3.05) is 18.9 Å². The molecule has 3 N–H and O–H groups in total. The number of nitrogens with two attached hydrogens (primary N) is 1. The first-order valence-corrected chi connectivity index (χ1v) is 8.66. The highest BCUT2D eigenvalue weighted by molar-refractivity contribution is 5.80. The number of nitrogen functional groups attached to an aromatic ring is 1. The van der Waals surface area contributed by atoms with Gasteiger partial charge in [0, 0.05) is 22.9 Å². The van der Waals surface area contributed by atoms with Crippen LogP contribution in [0.4, 0.5) is 5.82 Å². The number of pyridine rings is 1. The van der Waals surface area contributed by atoms with Crippen LogP contribution in [-0.2, 0) is 6.54 Å². The Kier molecular flexibility index (Phi) is 5.38. The van der Waals surface area contributed by atoms with Gasteiger partial charge >= 0.3 is 0 Å². The fourth-order valence-electron chi connectivity index (χ4n) is 2.93. The van der Waals surface area contributed by atoms with Crippen molar-refractivity contribution in [3.8, 4) is 34.2 Å². The lowest BCUT2D eigenvalue weighted by molar-refractivity contribution is 0.269. The molecule has 0 unspecified atom stereocenters. The van der Waals surface area contributed by atoms with E-state index in [0.717, 1.165) is 22.6 Å². The second kappa shape index (κ2) is 7.89. The van der Waals surface area contributed by atoms with Crippen molar-refractivity contribution in [2.24, 2.45) is 0 Å². The second-order valence-corrected chi connectivity index (χ2v) is 6.00. The Balaban J connectivity index is 2.10. The first-order valence-electron chi connectivity index (χ1n) is 8.66. The predicted molar refractivity (Wildman–Crippen MR) is 103 cm³/mol. The van der Waals surface area contributed by atoms with E-state index in [1.165, 1.54) is 0 Å². The molecule has 2 heterocycles. The molecule has 2 aromatic heterocycles. The van der Waals surface area contributed by atoms with Gasteiger partial charge in [-0.15, -0.1) is 0 Å². The van der Waals surface area contributed by atoms with Crippen LogP contribution >= 0.6 is 0 Å². The maximum atomic E-state index is 9.56. The zero-order valence-corrected chi connectivity index (χ0v) is 15.3. The van der Waals surface area contributed by atoms with E-state index in [1.54, 1.807) is 4.68 Å². The van der Waals surface area contributed by atoms with Crippen LogP contribution in [0.5, 0.6) is 5.75 Å². The maximum absolute atomic E-state index is 9.56. The van der Waals surface area contributed by atoms with Crippen LogP contribution in [0.15, 0.2) is 36.5 Å². The third kappa shape index (κ3) is 3.76. The number of aliphatic hydroxyl groups excluding tert-OH is 1. The lowest BCUT2D eigenvalue weighted by Crippen LogP contribution is -2.02. The molecule has 0 aliphatic rings. The summed E-state index contributed by atoms with van der Waals surface area (Å²) >= 11 is 0. The Morgan fingerprint density at radius 3 is 2.63 bits per heavy atom. The number of nitriles is 1. The van der Waals surface area contributed by atoms with Gasteiger partial charge in [-0.2, -0.15) is 10.4 Å². The van der Waals surface area contributed by atoms with E-state index in [1.807, 2.05) is 50.4 Å². The minimum absolute atomic E-state index is 0.0123. The molecule has 0 saturated carbocycles. The molecule has 138 valence electrons. The SMILES string of the molecule is CCOc1ccc(-c2cc(-c3cn(CCO)nc3C)c(C#N)c(N)n2)cc1. The molecule has 0 aliphatic carbocycles. The Hall–Kier alpha value is -3.37. The fraction of sp³-hybridized carbons (Fsp3) is 0.250. The molecule has 0 saturated heterocycles. The average molecular weight is 363 g/mol. The summed E-state index contributed by atoms with van der Waals surface area (Å²) in [5.74, 6) is 0.956. The maximum Gasteiger partial charge on any atom is 0.142 e. The van der Waals surface area contributed by atoms with Crippen molar-refractivity contribution >= 4 is 5.82 Å². The van der Waals surface area contributed by atoms with Crippen LogP contribution in [0.2, 0.25) is 0 Å². The van der Waals surface area contributed by atoms with Crippen molar-refractivity contribution < 1.29 is 9.84 Å². The Bertz CT molecular complexity index is 987. The first kappa shape index (κ1) is 18.4. The van der Waals surface area contributed by atoms with Crippen LogP contribution in [0, 0.1) is 18.3 Å². The number of nitrogens with zero attached hydrogens (tertiary/aromatic N) is 4. The minimum Gasteiger partial charge on any atom is -0.494 e. The number of ether oxygens (including phenoxy) is 1. The molecule has 0 aliphatic heterocycles. The van der Waals surface area contributed by atoms with Gasteiger partial charge in [-0.25, -0.2) is 4.98 Å². The molecule has 0 atom stereocenters. The van der Waals surface area contributed by atoms with E-state index in [9.17, 15) is 5.26 Å². The van der Waals surface area contributed by atoms with Gasteiger partial charge in [0.2, 0.25) is 0 Å². The van der Waals surface area contributed by atoms with Gasteiger partial charge in [0.05, 0.1) is 31.1 Å². The molecular formula is C20H21N5O2. The summed E-state index contributed by atoms with van der Waals surface area (Å²) in [4.78, 5) is 4.40. The van der Waals surface area contributed by atoms with Crippen LogP contribution in [0.3, 0.4) is 0 Å². The number of rotatable bonds is 6. The molecule has 3 aromatic rings.